The molecule has 4 atom stereocenters. The molecule has 2 aromatic rings. The minimum atomic E-state index is -0.265. The third kappa shape index (κ3) is 2.39. The number of amides is 2. The van der Waals surface area contributed by atoms with Crippen LogP contribution in [0, 0.1) is 27.2 Å². The molecule has 0 radical (unpaired) electrons. The number of allylic oxidation sites excluding steroid dienone is 4. The Kier molecular flexibility index (Phi) is 3.86. The van der Waals surface area contributed by atoms with Crippen LogP contribution in [0.15, 0.2) is 72.3 Å². The van der Waals surface area contributed by atoms with Crippen LogP contribution in [0.3, 0.4) is 0 Å². The van der Waals surface area contributed by atoms with Crippen LogP contribution in [-0.4, -0.2) is 11.8 Å². The molecule has 3 aliphatic rings. The van der Waals surface area contributed by atoms with Crippen LogP contribution in [0.5, 0.6) is 0 Å². The Bertz CT molecular complexity index is 990. The van der Waals surface area contributed by atoms with Crippen molar-refractivity contribution in [3.8, 4) is 0 Å². The second-order valence-electron chi connectivity index (χ2n) is 7.43. The van der Waals surface area contributed by atoms with E-state index in [0.717, 1.165) is 3.57 Å². The molecule has 134 valence electrons. The summed E-state index contributed by atoms with van der Waals surface area (Å²) in [5, 5.41) is 0. The Morgan fingerprint density at radius 3 is 2.11 bits per heavy atom. The smallest absolute Gasteiger partial charge is 0.238 e. The second kappa shape index (κ2) is 6.16. The maximum atomic E-state index is 13.2. The molecule has 3 nitrogen and oxygen atoms in total. The molecule has 2 aromatic carbocycles. The lowest BCUT2D eigenvalue weighted by Crippen LogP contribution is -2.33. The van der Waals surface area contributed by atoms with Crippen LogP contribution in [-0.2, 0) is 9.59 Å². The molecule has 5 rings (SSSR count). The van der Waals surface area contributed by atoms with E-state index in [1.54, 1.807) is 0 Å². The predicted molar refractivity (Wildman–Crippen MR) is 114 cm³/mol. The largest absolute Gasteiger partial charge is 0.274 e. The summed E-state index contributed by atoms with van der Waals surface area (Å²) in [5.74, 6) is -0.573. The van der Waals surface area contributed by atoms with Crippen LogP contribution in [0.2, 0.25) is 0 Å². The van der Waals surface area contributed by atoms with Gasteiger partial charge in [-0.1, -0.05) is 54.1 Å². The van der Waals surface area contributed by atoms with E-state index in [1.807, 2.05) is 42.5 Å². The minimum absolute atomic E-state index is 0.0319. The van der Waals surface area contributed by atoms with Gasteiger partial charge in [-0.25, -0.2) is 4.90 Å². The highest BCUT2D eigenvalue weighted by Gasteiger charge is 2.62. The number of benzene rings is 2. The number of carbonyl (C=O) groups is 2. The van der Waals surface area contributed by atoms with Crippen molar-refractivity contribution in [1.82, 2.24) is 0 Å². The highest BCUT2D eigenvalue weighted by atomic mass is 127. The van der Waals surface area contributed by atoms with Gasteiger partial charge in [0.1, 0.15) is 0 Å². The van der Waals surface area contributed by atoms with E-state index in [4.69, 9.17) is 0 Å². The first kappa shape index (κ1) is 16.9. The van der Waals surface area contributed by atoms with Gasteiger partial charge in [0.2, 0.25) is 11.8 Å². The Balaban J connectivity index is 1.56. The number of imide groups is 1. The zero-order valence-electron chi connectivity index (χ0n) is 14.8. The predicted octanol–water partition coefficient (Wildman–Crippen LogP) is 4.69. The van der Waals surface area contributed by atoms with Gasteiger partial charge in [-0.05, 0) is 58.9 Å². The van der Waals surface area contributed by atoms with Gasteiger partial charge in [-0.3, -0.25) is 9.59 Å². The number of fused-ring (bicyclic) bond motifs is 5. The number of halogens is 1. The molecule has 1 aliphatic heterocycles. The third-order valence-corrected chi connectivity index (χ3v) is 6.79. The molecule has 0 N–H and O–H groups in total. The maximum Gasteiger partial charge on any atom is 0.238 e. The van der Waals surface area contributed by atoms with Gasteiger partial charge in [0.05, 0.1) is 17.5 Å². The standard InChI is InChI=1S/C23H18INO2/c1-13(14-6-3-2-4-7-14)19-17-10-11-18(19)21-20(17)22(26)25(23(21)27)16-9-5-8-15(24)12-16/h2-12,17-18,20-21H,1H3/t17-,18-,20-,21+/m1/s1. The molecule has 2 amide bonds. The first-order valence-corrected chi connectivity index (χ1v) is 10.2. The third-order valence-electron chi connectivity index (χ3n) is 6.12. The molecule has 2 bridgehead atoms. The lowest BCUT2D eigenvalue weighted by atomic mass is 9.85. The number of hydrogen-bond donors (Lipinski definition) is 0. The van der Waals surface area contributed by atoms with Gasteiger partial charge in [-0.15, -0.1) is 0 Å². The van der Waals surface area contributed by atoms with Crippen LogP contribution in [0.25, 0.3) is 5.57 Å². The van der Waals surface area contributed by atoms with Crippen molar-refractivity contribution < 1.29 is 9.59 Å². The van der Waals surface area contributed by atoms with Crippen LogP contribution in [0.4, 0.5) is 5.69 Å². The molecule has 1 saturated carbocycles. The molecule has 2 aliphatic carbocycles. The quantitative estimate of drug-likeness (QED) is 0.365. The van der Waals surface area contributed by atoms with Gasteiger partial charge in [0.25, 0.3) is 0 Å². The molecule has 1 saturated heterocycles. The fourth-order valence-electron chi connectivity index (χ4n) is 4.99. The van der Waals surface area contributed by atoms with Crippen molar-refractivity contribution in [1.29, 1.82) is 0 Å². The summed E-state index contributed by atoms with van der Waals surface area (Å²) >= 11 is 2.21. The molecule has 27 heavy (non-hydrogen) atoms. The van der Waals surface area contributed by atoms with Crippen LogP contribution in [0.1, 0.15) is 12.5 Å². The summed E-state index contributed by atoms with van der Waals surface area (Å²) in [6.45, 7) is 2.12. The lowest BCUT2D eigenvalue weighted by molar-refractivity contribution is -0.122. The van der Waals surface area contributed by atoms with Crippen LogP contribution >= 0.6 is 22.6 Å². The van der Waals surface area contributed by atoms with Gasteiger partial charge in [0.15, 0.2) is 0 Å². The van der Waals surface area contributed by atoms with Crippen molar-refractivity contribution in [3.05, 3.63) is 81.5 Å². The zero-order valence-corrected chi connectivity index (χ0v) is 17.0. The van der Waals surface area contributed by atoms with E-state index in [2.05, 4.69) is 53.8 Å². The molecule has 2 fully saturated rings. The highest BCUT2D eigenvalue weighted by Crippen LogP contribution is 2.58. The highest BCUT2D eigenvalue weighted by molar-refractivity contribution is 14.1. The Morgan fingerprint density at radius 1 is 0.889 bits per heavy atom. The Hall–Kier alpha value is -2.21. The number of hydrogen-bond acceptors (Lipinski definition) is 2. The summed E-state index contributed by atoms with van der Waals surface area (Å²) < 4.78 is 1.02. The Labute approximate surface area is 171 Å². The summed E-state index contributed by atoms with van der Waals surface area (Å²) in [6.07, 6.45) is 4.27. The average molecular weight is 467 g/mol. The molecule has 0 aromatic heterocycles. The van der Waals surface area contributed by atoms with Gasteiger partial charge < -0.3 is 0 Å². The summed E-state index contributed by atoms with van der Waals surface area (Å²) in [6, 6.07) is 17.9. The summed E-state index contributed by atoms with van der Waals surface area (Å²) in [7, 11) is 0. The van der Waals surface area contributed by atoms with E-state index < -0.39 is 0 Å². The van der Waals surface area contributed by atoms with Crippen molar-refractivity contribution in [3.63, 3.8) is 0 Å². The zero-order chi connectivity index (χ0) is 18.7. The first-order valence-electron chi connectivity index (χ1n) is 9.15. The monoisotopic (exact) mass is 467 g/mol. The van der Waals surface area contributed by atoms with Crippen molar-refractivity contribution in [2.45, 2.75) is 6.92 Å². The summed E-state index contributed by atoms with van der Waals surface area (Å²) in [5.41, 5.74) is 4.31. The van der Waals surface area contributed by atoms with Gasteiger partial charge >= 0.3 is 0 Å². The SMILES string of the molecule is CC(=C1[C@H]2C=C[C@H]1[C@H]1C(=O)N(c3cccc(I)c3)C(=O)[C@H]12)c1ccccc1. The van der Waals surface area contributed by atoms with Crippen molar-refractivity contribution in [2.75, 3.05) is 4.90 Å². The molecular weight excluding hydrogens is 449 g/mol. The lowest BCUT2D eigenvalue weighted by Gasteiger charge is -2.20. The number of anilines is 1. The normalized spacial score (nSPS) is 30.2. The minimum Gasteiger partial charge on any atom is -0.274 e. The molecule has 0 unspecified atom stereocenters. The second-order valence-corrected chi connectivity index (χ2v) is 8.67. The van der Waals surface area contributed by atoms with E-state index in [9.17, 15) is 9.59 Å². The molecular formula is C23H18INO2. The average Bonchev–Trinajstić information content (AvgIpc) is 3.31. The van der Waals surface area contributed by atoms with Gasteiger partial charge in [-0.2, -0.15) is 0 Å². The van der Waals surface area contributed by atoms with Crippen molar-refractivity contribution >= 4 is 45.7 Å². The maximum absolute atomic E-state index is 13.2. The fraction of sp³-hybridized carbons (Fsp3) is 0.217. The van der Waals surface area contributed by atoms with Crippen molar-refractivity contribution in [2.24, 2.45) is 23.7 Å². The van der Waals surface area contributed by atoms with Gasteiger partial charge in [0, 0.05) is 15.4 Å². The van der Waals surface area contributed by atoms with E-state index in [0.29, 0.717) is 5.69 Å². The Morgan fingerprint density at radius 2 is 1.52 bits per heavy atom. The van der Waals surface area contributed by atoms with Crippen LogP contribution < -0.4 is 4.90 Å². The summed E-state index contributed by atoms with van der Waals surface area (Å²) in [4.78, 5) is 27.9. The fourth-order valence-corrected chi connectivity index (χ4v) is 5.51. The topological polar surface area (TPSA) is 37.4 Å². The molecule has 4 heteroatoms. The molecule has 1 heterocycles. The number of nitrogens with zero attached hydrogens (tertiary/aromatic N) is 1. The number of rotatable bonds is 2. The first-order chi connectivity index (χ1) is 13.1. The van der Waals surface area contributed by atoms with E-state index in [1.165, 1.54) is 21.6 Å². The molecule has 0 spiro atoms. The number of carbonyl (C=O) groups excluding carboxylic acids is 2. The van der Waals surface area contributed by atoms with E-state index >= 15 is 0 Å². The van der Waals surface area contributed by atoms with E-state index in [-0.39, 0.29) is 35.5 Å².